The Kier molecular flexibility index (Phi) is 3.67. The van der Waals surface area contributed by atoms with Gasteiger partial charge in [0, 0.05) is 12.0 Å². The van der Waals surface area contributed by atoms with E-state index in [-0.39, 0.29) is 5.41 Å². The summed E-state index contributed by atoms with van der Waals surface area (Å²) in [7, 11) is 1.74. The fourth-order valence-corrected chi connectivity index (χ4v) is 3.21. The Morgan fingerprint density at radius 1 is 1.33 bits per heavy atom. The van der Waals surface area contributed by atoms with Gasteiger partial charge in [0.25, 0.3) is 0 Å². The number of nitrogens with one attached hydrogen (secondary N) is 1. The molecule has 0 saturated carbocycles. The Labute approximate surface area is 111 Å². The monoisotopic (exact) mass is 247 g/mol. The zero-order valence-corrected chi connectivity index (χ0v) is 12.0. The molecule has 18 heavy (non-hydrogen) atoms. The minimum absolute atomic E-state index is 0.271. The number of methoxy groups -OCH3 is 1. The van der Waals surface area contributed by atoms with E-state index in [1.54, 1.807) is 7.11 Å². The maximum absolute atomic E-state index is 5.37. The van der Waals surface area contributed by atoms with Crippen molar-refractivity contribution in [1.29, 1.82) is 0 Å². The standard InChI is InChI=1S/C16H25NO/c1-15(2,3)11-16(8-9-17-12-16)13-6-5-7-14(10-13)18-4/h5-7,10,17H,8-9,11-12H2,1-4H3/t16-/m0/s1. The van der Waals surface area contributed by atoms with E-state index in [0.717, 1.165) is 18.8 Å². The molecule has 100 valence electrons. The molecule has 0 radical (unpaired) electrons. The van der Waals surface area contributed by atoms with Gasteiger partial charge in [-0.1, -0.05) is 32.9 Å². The molecule has 1 aliphatic rings. The molecule has 1 N–H and O–H groups in total. The van der Waals surface area contributed by atoms with Crippen LogP contribution < -0.4 is 10.1 Å². The summed E-state index contributed by atoms with van der Waals surface area (Å²) in [6.07, 6.45) is 2.43. The van der Waals surface area contributed by atoms with Gasteiger partial charge in [0.1, 0.15) is 5.75 Å². The van der Waals surface area contributed by atoms with Crippen molar-refractivity contribution in [3.05, 3.63) is 29.8 Å². The van der Waals surface area contributed by atoms with Gasteiger partial charge in [-0.05, 0) is 42.5 Å². The van der Waals surface area contributed by atoms with Crippen LogP contribution in [-0.2, 0) is 5.41 Å². The highest BCUT2D eigenvalue weighted by molar-refractivity contribution is 5.35. The largest absolute Gasteiger partial charge is 0.497 e. The SMILES string of the molecule is COc1cccc([C@]2(CC(C)(C)C)CCNC2)c1. The molecular formula is C16H25NO. The Balaban J connectivity index is 2.34. The summed E-state index contributed by atoms with van der Waals surface area (Å²) < 4.78 is 5.37. The van der Waals surface area contributed by atoms with Crippen molar-refractivity contribution < 1.29 is 4.74 Å². The molecule has 0 bridgehead atoms. The summed E-state index contributed by atoms with van der Waals surface area (Å²) >= 11 is 0. The van der Waals surface area contributed by atoms with Crippen LogP contribution in [0.1, 0.15) is 39.2 Å². The minimum atomic E-state index is 0.271. The number of hydrogen-bond donors (Lipinski definition) is 1. The first-order valence-electron chi connectivity index (χ1n) is 6.81. The second-order valence-corrected chi connectivity index (χ2v) is 6.68. The molecule has 0 spiro atoms. The van der Waals surface area contributed by atoms with Crippen LogP contribution in [0.2, 0.25) is 0 Å². The van der Waals surface area contributed by atoms with Crippen LogP contribution in [0.25, 0.3) is 0 Å². The zero-order chi connectivity index (χ0) is 13.2. The van der Waals surface area contributed by atoms with Crippen molar-refractivity contribution in [2.45, 2.75) is 39.0 Å². The van der Waals surface area contributed by atoms with Crippen molar-refractivity contribution in [2.24, 2.45) is 5.41 Å². The summed E-state index contributed by atoms with van der Waals surface area (Å²) in [6.45, 7) is 9.18. The van der Waals surface area contributed by atoms with E-state index in [2.05, 4.69) is 44.3 Å². The molecule has 1 heterocycles. The smallest absolute Gasteiger partial charge is 0.119 e. The third-order valence-corrected chi connectivity index (χ3v) is 3.79. The quantitative estimate of drug-likeness (QED) is 0.884. The van der Waals surface area contributed by atoms with E-state index in [1.807, 2.05) is 6.07 Å². The first-order chi connectivity index (χ1) is 8.45. The maximum Gasteiger partial charge on any atom is 0.119 e. The fraction of sp³-hybridized carbons (Fsp3) is 0.625. The third kappa shape index (κ3) is 2.86. The number of ether oxygens (including phenoxy) is 1. The van der Waals surface area contributed by atoms with E-state index >= 15 is 0 Å². The molecule has 0 amide bonds. The minimum Gasteiger partial charge on any atom is -0.497 e. The molecular weight excluding hydrogens is 222 g/mol. The first kappa shape index (κ1) is 13.4. The van der Waals surface area contributed by atoms with Crippen LogP contribution in [-0.4, -0.2) is 20.2 Å². The molecule has 2 heteroatoms. The summed E-state index contributed by atoms with van der Waals surface area (Å²) in [5.41, 5.74) is 2.03. The second kappa shape index (κ2) is 4.93. The Hall–Kier alpha value is -1.02. The van der Waals surface area contributed by atoms with Gasteiger partial charge in [-0.2, -0.15) is 0 Å². The molecule has 1 saturated heterocycles. The van der Waals surface area contributed by atoms with Crippen molar-refractivity contribution >= 4 is 0 Å². The molecule has 1 aliphatic heterocycles. The molecule has 2 rings (SSSR count). The topological polar surface area (TPSA) is 21.3 Å². The van der Waals surface area contributed by atoms with E-state index in [0.29, 0.717) is 5.41 Å². The summed E-state index contributed by atoms with van der Waals surface area (Å²) in [4.78, 5) is 0. The van der Waals surface area contributed by atoms with Gasteiger partial charge in [-0.15, -0.1) is 0 Å². The third-order valence-electron chi connectivity index (χ3n) is 3.79. The van der Waals surface area contributed by atoms with Gasteiger partial charge in [-0.25, -0.2) is 0 Å². The van der Waals surface area contributed by atoms with Gasteiger partial charge < -0.3 is 10.1 Å². The van der Waals surface area contributed by atoms with Crippen LogP contribution in [0.3, 0.4) is 0 Å². The van der Waals surface area contributed by atoms with E-state index in [1.165, 1.54) is 18.4 Å². The van der Waals surface area contributed by atoms with Crippen molar-refractivity contribution in [2.75, 3.05) is 20.2 Å². The molecule has 2 nitrogen and oxygen atoms in total. The second-order valence-electron chi connectivity index (χ2n) is 6.68. The summed E-state index contributed by atoms with van der Waals surface area (Å²) in [6, 6.07) is 8.59. The normalized spacial score (nSPS) is 24.2. The molecule has 1 atom stereocenters. The molecule has 1 fully saturated rings. The fourth-order valence-electron chi connectivity index (χ4n) is 3.21. The first-order valence-corrected chi connectivity index (χ1v) is 6.81. The number of benzene rings is 1. The van der Waals surface area contributed by atoms with Crippen LogP contribution in [0.15, 0.2) is 24.3 Å². The number of hydrogen-bond acceptors (Lipinski definition) is 2. The molecule has 0 aliphatic carbocycles. The van der Waals surface area contributed by atoms with Gasteiger partial charge in [0.2, 0.25) is 0 Å². The van der Waals surface area contributed by atoms with Crippen LogP contribution in [0.4, 0.5) is 0 Å². The van der Waals surface area contributed by atoms with E-state index in [4.69, 9.17) is 4.74 Å². The molecule has 1 aromatic carbocycles. The van der Waals surface area contributed by atoms with Gasteiger partial charge >= 0.3 is 0 Å². The Morgan fingerprint density at radius 3 is 2.67 bits per heavy atom. The highest BCUT2D eigenvalue weighted by Crippen LogP contribution is 2.41. The lowest BCUT2D eigenvalue weighted by Crippen LogP contribution is -2.33. The maximum atomic E-state index is 5.37. The summed E-state index contributed by atoms with van der Waals surface area (Å²) in [5.74, 6) is 0.965. The molecule has 0 aromatic heterocycles. The predicted octanol–water partition coefficient (Wildman–Crippen LogP) is 3.36. The van der Waals surface area contributed by atoms with E-state index in [9.17, 15) is 0 Å². The van der Waals surface area contributed by atoms with Crippen molar-refractivity contribution in [3.8, 4) is 5.75 Å². The van der Waals surface area contributed by atoms with Crippen molar-refractivity contribution in [1.82, 2.24) is 5.32 Å². The van der Waals surface area contributed by atoms with Gasteiger partial charge in [0.15, 0.2) is 0 Å². The van der Waals surface area contributed by atoms with Crippen LogP contribution >= 0.6 is 0 Å². The van der Waals surface area contributed by atoms with E-state index < -0.39 is 0 Å². The van der Waals surface area contributed by atoms with Gasteiger partial charge in [0.05, 0.1) is 7.11 Å². The lowest BCUT2D eigenvalue weighted by Gasteiger charge is -2.35. The highest BCUT2D eigenvalue weighted by atomic mass is 16.5. The lowest BCUT2D eigenvalue weighted by molar-refractivity contribution is 0.266. The van der Waals surface area contributed by atoms with Crippen LogP contribution in [0.5, 0.6) is 5.75 Å². The predicted molar refractivity (Wildman–Crippen MR) is 76.2 cm³/mol. The number of rotatable bonds is 3. The molecule has 1 aromatic rings. The van der Waals surface area contributed by atoms with Gasteiger partial charge in [-0.3, -0.25) is 0 Å². The Bertz CT molecular complexity index is 400. The molecule has 0 unspecified atom stereocenters. The highest BCUT2D eigenvalue weighted by Gasteiger charge is 2.38. The lowest BCUT2D eigenvalue weighted by atomic mass is 9.69. The average molecular weight is 247 g/mol. The zero-order valence-electron chi connectivity index (χ0n) is 12.0. The average Bonchev–Trinajstić information content (AvgIpc) is 2.76. The van der Waals surface area contributed by atoms with Crippen LogP contribution in [0, 0.1) is 5.41 Å². The Morgan fingerprint density at radius 2 is 2.11 bits per heavy atom. The summed E-state index contributed by atoms with van der Waals surface area (Å²) in [5, 5.41) is 3.53. The van der Waals surface area contributed by atoms with Crippen molar-refractivity contribution in [3.63, 3.8) is 0 Å².